The molecular formula is C33H53NO5. The van der Waals surface area contributed by atoms with E-state index in [4.69, 9.17) is 9.47 Å². The number of ether oxygens (including phenoxy) is 2. The number of hydrogen-bond donors (Lipinski definition) is 0. The molecule has 6 heteroatoms. The van der Waals surface area contributed by atoms with Crippen LogP contribution < -0.4 is 0 Å². The molecule has 0 aromatic rings. The molecule has 0 bridgehead atoms. The lowest BCUT2D eigenvalue weighted by molar-refractivity contribution is -0.160. The maximum Gasteiger partial charge on any atom is 0.302 e. The molecule has 5 aliphatic rings. The van der Waals surface area contributed by atoms with E-state index in [0.29, 0.717) is 41.2 Å². The fraction of sp³-hybridized carbons (Fsp3) is 0.909. The first kappa shape index (κ1) is 29.1. The number of hydrogen-bond acceptors (Lipinski definition) is 5. The lowest BCUT2D eigenvalue weighted by Crippen LogP contribution is -2.54. The van der Waals surface area contributed by atoms with Gasteiger partial charge in [-0.3, -0.25) is 19.3 Å². The molecule has 0 spiro atoms. The average Bonchev–Trinajstić information content (AvgIpc) is 3.33. The van der Waals surface area contributed by atoms with E-state index in [-0.39, 0.29) is 35.9 Å². The van der Waals surface area contributed by atoms with E-state index in [1.54, 1.807) is 6.92 Å². The average molecular weight is 544 g/mol. The molecule has 5 rings (SSSR count). The van der Waals surface area contributed by atoms with Crippen molar-refractivity contribution in [3.63, 3.8) is 0 Å². The minimum Gasteiger partial charge on any atom is -0.463 e. The second-order valence-electron chi connectivity index (χ2n) is 14.9. The van der Waals surface area contributed by atoms with Crippen LogP contribution in [-0.2, 0) is 23.9 Å². The van der Waals surface area contributed by atoms with Crippen LogP contribution in [0.1, 0.15) is 113 Å². The third-order valence-corrected chi connectivity index (χ3v) is 12.7. The number of nitrogens with zero attached hydrogens (tertiary/aromatic N) is 1. The summed E-state index contributed by atoms with van der Waals surface area (Å²) in [5, 5.41) is 0. The van der Waals surface area contributed by atoms with Gasteiger partial charge >= 0.3 is 5.97 Å². The Morgan fingerprint density at radius 3 is 2.31 bits per heavy atom. The molecule has 0 radical (unpaired) electrons. The molecular weight excluding hydrogens is 490 g/mol. The Labute approximate surface area is 236 Å². The largest absolute Gasteiger partial charge is 0.463 e. The molecule has 4 aliphatic carbocycles. The van der Waals surface area contributed by atoms with Gasteiger partial charge in [-0.25, -0.2) is 0 Å². The van der Waals surface area contributed by atoms with Crippen LogP contribution in [0.3, 0.4) is 0 Å². The summed E-state index contributed by atoms with van der Waals surface area (Å²) >= 11 is 0. The molecule has 6 nitrogen and oxygen atoms in total. The van der Waals surface area contributed by atoms with Crippen LogP contribution in [0.4, 0.5) is 0 Å². The summed E-state index contributed by atoms with van der Waals surface area (Å²) in [5.74, 6) is 4.06. The number of carbonyl (C=O) groups is 3. The molecule has 39 heavy (non-hydrogen) atoms. The zero-order valence-electron chi connectivity index (χ0n) is 25.5. The molecule has 0 N–H and O–H groups in total. The van der Waals surface area contributed by atoms with Crippen LogP contribution in [-0.4, -0.2) is 47.5 Å². The van der Waals surface area contributed by atoms with E-state index in [0.717, 1.165) is 43.4 Å². The molecule has 220 valence electrons. The maximum atomic E-state index is 11.8. The molecule has 0 aromatic carbocycles. The van der Waals surface area contributed by atoms with Crippen molar-refractivity contribution in [3.8, 4) is 0 Å². The molecule has 0 unspecified atom stereocenters. The maximum absolute atomic E-state index is 11.8. The van der Waals surface area contributed by atoms with Gasteiger partial charge in [0, 0.05) is 27.3 Å². The fourth-order valence-corrected chi connectivity index (χ4v) is 10.9. The lowest BCUT2D eigenvalue weighted by atomic mass is 9.44. The summed E-state index contributed by atoms with van der Waals surface area (Å²) < 4.78 is 12.5. The molecule has 5 fully saturated rings. The van der Waals surface area contributed by atoms with Crippen LogP contribution in [0.15, 0.2) is 0 Å². The zero-order chi connectivity index (χ0) is 28.3. The Balaban J connectivity index is 1.21. The Bertz CT molecular complexity index is 952. The van der Waals surface area contributed by atoms with Gasteiger partial charge in [-0.15, -0.1) is 0 Å². The number of amides is 2. The first-order chi connectivity index (χ1) is 18.3. The number of rotatable bonds is 6. The highest BCUT2D eigenvalue weighted by Gasteiger charge is 2.65. The van der Waals surface area contributed by atoms with E-state index < -0.39 is 0 Å². The van der Waals surface area contributed by atoms with Crippen LogP contribution in [0.2, 0.25) is 0 Å². The summed E-state index contributed by atoms with van der Waals surface area (Å²) in [7, 11) is 0. The van der Waals surface area contributed by atoms with Gasteiger partial charge in [0.25, 0.3) is 0 Å². The van der Waals surface area contributed by atoms with Gasteiger partial charge in [0.1, 0.15) is 6.10 Å². The highest BCUT2D eigenvalue weighted by atomic mass is 16.5. The standard InChI is InChI=1S/C33H53NO5/c1-19(18-34(21(3)35)22(4)36)8-11-29-20(2)31-30(39-29)17-28-26-10-9-24-16-25(38-23(5)37)12-14-32(24,6)27(26)13-15-33(28,31)7/h19-20,24-31H,8-18H2,1-7H3/t19-,20+,24-,25+,26-,27+,28+,29+,30-,31+,32-,33-/m0/s1. The van der Waals surface area contributed by atoms with E-state index >= 15 is 0 Å². The van der Waals surface area contributed by atoms with Gasteiger partial charge in [-0.2, -0.15) is 0 Å². The van der Waals surface area contributed by atoms with Crippen molar-refractivity contribution in [2.24, 2.45) is 52.3 Å². The molecule has 2 amide bonds. The van der Waals surface area contributed by atoms with Crippen molar-refractivity contribution >= 4 is 17.8 Å². The third-order valence-electron chi connectivity index (χ3n) is 12.7. The Morgan fingerprint density at radius 2 is 1.64 bits per heavy atom. The predicted molar refractivity (Wildman–Crippen MR) is 150 cm³/mol. The molecule has 0 aromatic heterocycles. The summed E-state index contributed by atoms with van der Waals surface area (Å²) in [4.78, 5) is 36.7. The minimum atomic E-state index is -0.163. The highest BCUT2D eigenvalue weighted by molar-refractivity contribution is 5.92. The summed E-state index contributed by atoms with van der Waals surface area (Å²) in [6.45, 7) is 14.8. The van der Waals surface area contributed by atoms with Gasteiger partial charge < -0.3 is 9.47 Å². The number of imide groups is 1. The van der Waals surface area contributed by atoms with Crippen LogP contribution >= 0.6 is 0 Å². The number of carbonyl (C=O) groups excluding carboxylic acids is 3. The molecule has 12 atom stereocenters. The Kier molecular flexibility index (Phi) is 8.02. The zero-order valence-corrected chi connectivity index (χ0v) is 25.5. The Hall–Kier alpha value is -1.43. The highest BCUT2D eigenvalue weighted by Crippen LogP contribution is 2.70. The first-order valence-electron chi connectivity index (χ1n) is 16.0. The lowest BCUT2D eigenvalue weighted by Gasteiger charge is -2.61. The number of esters is 1. The van der Waals surface area contributed by atoms with E-state index in [1.165, 1.54) is 57.3 Å². The fourth-order valence-electron chi connectivity index (χ4n) is 10.9. The van der Waals surface area contributed by atoms with Crippen molar-refractivity contribution in [1.82, 2.24) is 4.90 Å². The van der Waals surface area contributed by atoms with Crippen molar-refractivity contribution in [2.45, 2.75) is 131 Å². The first-order valence-corrected chi connectivity index (χ1v) is 16.0. The van der Waals surface area contributed by atoms with Crippen LogP contribution in [0, 0.1) is 52.3 Å². The normalized spacial score (nSPS) is 45.4. The van der Waals surface area contributed by atoms with Crippen LogP contribution in [0.5, 0.6) is 0 Å². The molecule has 1 saturated heterocycles. The van der Waals surface area contributed by atoms with Crippen LogP contribution in [0.25, 0.3) is 0 Å². The predicted octanol–water partition coefficient (Wildman–Crippen LogP) is 6.40. The van der Waals surface area contributed by atoms with Crippen molar-refractivity contribution in [1.29, 1.82) is 0 Å². The van der Waals surface area contributed by atoms with Gasteiger partial charge in [-0.05, 0) is 116 Å². The monoisotopic (exact) mass is 543 g/mol. The van der Waals surface area contributed by atoms with E-state index in [9.17, 15) is 14.4 Å². The summed E-state index contributed by atoms with van der Waals surface area (Å²) in [5.41, 5.74) is 0.751. The molecule has 1 aliphatic heterocycles. The van der Waals surface area contributed by atoms with E-state index in [2.05, 4.69) is 27.7 Å². The minimum absolute atomic E-state index is 0.124. The Morgan fingerprint density at radius 1 is 0.949 bits per heavy atom. The molecule has 4 saturated carbocycles. The smallest absolute Gasteiger partial charge is 0.302 e. The summed E-state index contributed by atoms with van der Waals surface area (Å²) in [6, 6.07) is 0. The topological polar surface area (TPSA) is 72.9 Å². The van der Waals surface area contributed by atoms with Gasteiger partial charge in [0.15, 0.2) is 0 Å². The number of fused-ring (bicyclic) bond motifs is 7. The van der Waals surface area contributed by atoms with Crippen molar-refractivity contribution in [2.75, 3.05) is 6.54 Å². The molecule has 1 heterocycles. The SMILES string of the molecule is CC(=O)O[C@@H]1CC[C@@]2(C)[C@@H](CC[C@H]3[C@H]2CC[C@]2(C)[C@@H]4[C@H](C)[C@@H](CC[C@H](C)CN(C(C)=O)C(C)=O)O[C@H]4C[C@H]32)C1. The second-order valence-corrected chi connectivity index (χ2v) is 14.9. The quantitative estimate of drug-likeness (QED) is 0.362. The van der Waals surface area contributed by atoms with Crippen molar-refractivity contribution in [3.05, 3.63) is 0 Å². The van der Waals surface area contributed by atoms with E-state index in [1.807, 2.05) is 0 Å². The van der Waals surface area contributed by atoms with Gasteiger partial charge in [0.2, 0.25) is 11.8 Å². The third kappa shape index (κ3) is 5.10. The van der Waals surface area contributed by atoms with Crippen molar-refractivity contribution < 1.29 is 23.9 Å². The summed E-state index contributed by atoms with van der Waals surface area (Å²) in [6.07, 6.45) is 12.5. The van der Waals surface area contributed by atoms with Gasteiger partial charge in [0.05, 0.1) is 12.2 Å². The van der Waals surface area contributed by atoms with Gasteiger partial charge in [-0.1, -0.05) is 27.7 Å². The second kappa shape index (κ2) is 10.8.